The van der Waals surface area contributed by atoms with Gasteiger partial charge >= 0.3 is 0 Å². The minimum Gasteiger partial charge on any atom is -0.497 e. The molecule has 0 aliphatic heterocycles. The largest absolute Gasteiger partial charge is 0.497 e. The molecule has 0 atom stereocenters. The van der Waals surface area contributed by atoms with E-state index in [9.17, 15) is 9.59 Å². The van der Waals surface area contributed by atoms with Crippen LogP contribution in [0, 0.1) is 0 Å². The number of aromatic amines is 1. The van der Waals surface area contributed by atoms with Crippen LogP contribution in [0.15, 0.2) is 59.4 Å². The summed E-state index contributed by atoms with van der Waals surface area (Å²) in [6, 6.07) is 16.8. The van der Waals surface area contributed by atoms with Crippen LogP contribution in [0.1, 0.15) is 12.7 Å². The van der Waals surface area contributed by atoms with Crippen molar-refractivity contribution < 1.29 is 14.3 Å². The molecule has 0 aliphatic carbocycles. The maximum absolute atomic E-state index is 12.7. The molecule has 4 aromatic rings. The van der Waals surface area contributed by atoms with Crippen molar-refractivity contribution in [1.29, 1.82) is 0 Å². The first-order valence-electron chi connectivity index (χ1n) is 10.8. The van der Waals surface area contributed by atoms with E-state index in [0.717, 1.165) is 16.2 Å². The lowest BCUT2D eigenvalue weighted by molar-refractivity contribution is -0.117. The van der Waals surface area contributed by atoms with E-state index < -0.39 is 0 Å². The molecule has 0 radical (unpaired) electrons. The zero-order chi connectivity index (χ0) is 24.1. The number of anilines is 1. The van der Waals surface area contributed by atoms with Crippen LogP contribution in [0.4, 0.5) is 5.69 Å². The average molecular weight is 479 g/mol. The first-order valence-corrected chi connectivity index (χ1v) is 11.6. The van der Waals surface area contributed by atoms with Crippen molar-refractivity contribution in [3.63, 3.8) is 0 Å². The summed E-state index contributed by atoms with van der Waals surface area (Å²) in [5, 5.41) is 2.88. The van der Waals surface area contributed by atoms with Crippen LogP contribution in [0.3, 0.4) is 0 Å². The number of nitrogens with one attached hydrogen (secondary N) is 2. The van der Waals surface area contributed by atoms with Crippen LogP contribution in [0.2, 0.25) is 0 Å². The summed E-state index contributed by atoms with van der Waals surface area (Å²) in [7, 11) is 3.21. The van der Waals surface area contributed by atoms with Gasteiger partial charge in [-0.2, -0.15) is 0 Å². The van der Waals surface area contributed by atoms with Gasteiger partial charge in [0.1, 0.15) is 22.0 Å². The van der Waals surface area contributed by atoms with Gasteiger partial charge in [0.25, 0.3) is 5.56 Å². The van der Waals surface area contributed by atoms with Crippen LogP contribution in [-0.4, -0.2) is 48.1 Å². The van der Waals surface area contributed by atoms with Gasteiger partial charge in [0.2, 0.25) is 5.91 Å². The second-order valence-corrected chi connectivity index (χ2v) is 8.70. The lowest BCUT2D eigenvalue weighted by atomic mass is 10.2. The van der Waals surface area contributed by atoms with E-state index in [1.807, 2.05) is 54.3 Å². The normalized spacial score (nSPS) is 11.1. The van der Waals surface area contributed by atoms with E-state index in [0.29, 0.717) is 40.6 Å². The Morgan fingerprint density at radius 3 is 2.56 bits per heavy atom. The maximum Gasteiger partial charge on any atom is 0.268 e. The van der Waals surface area contributed by atoms with Crippen molar-refractivity contribution in [2.75, 3.05) is 32.6 Å². The van der Waals surface area contributed by atoms with Crippen molar-refractivity contribution in [2.45, 2.75) is 13.5 Å². The molecule has 0 unspecified atom stereocenters. The molecule has 2 aromatic carbocycles. The summed E-state index contributed by atoms with van der Waals surface area (Å²) in [5.41, 5.74) is 2.12. The van der Waals surface area contributed by atoms with E-state index in [1.54, 1.807) is 26.4 Å². The van der Waals surface area contributed by atoms with Crippen molar-refractivity contribution in [3.8, 4) is 21.9 Å². The lowest BCUT2D eigenvalue weighted by Crippen LogP contribution is -2.33. The molecule has 0 saturated heterocycles. The zero-order valence-electron chi connectivity index (χ0n) is 19.3. The molecule has 2 aromatic heterocycles. The monoisotopic (exact) mass is 478 g/mol. The Balaban J connectivity index is 1.48. The first-order chi connectivity index (χ1) is 16.5. The van der Waals surface area contributed by atoms with Crippen molar-refractivity contribution in [3.05, 3.63) is 70.8 Å². The quantitative estimate of drug-likeness (QED) is 0.376. The molecule has 0 bridgehead atoms. The number of thiophene rings is 1. The summed E-state index contributed by atoms with van der Waals surface area (Å²) < 4.78 is 11.0. The average Bonchev–Trinajstić information content (AvgIpc) is 3.28. The summed E-state index contributed by atoms with van der Waals surface area (Å²) in [6.07, 6.45) is 0. The van der Waals surface area contributed by atoms with Crippen molar-refractivity contribution in [2.24, 2.45) is 0 Å². The van der Waals surface area contributed by atoms with Crippen molar-refractivity contribution >= 4 is 33.1 Å². The number of ether oxygens (including phenoxy) is 2. The predicted molar refractivity (Wildman–Crippen MR) is 135 cm³/mol. The second kappa shape index (κ2) is 10.5. The first kappa shape index (κ1) is 23.5. The van der Waals surface area contributed by atoms with Crippen molar-refractivity contribution in [1.82, 2.24) is 14.9 Å². The van der Waals surface area contributed by atoms with E-state index >= 15 is 0 Å². The number of hydrogen-bond donors (Lipinski definition) is 2. The van der Waals surface area contributed by atoms with E-state index in [4.69, 9.17) is 9.47 Å². The summed E-state index contributed by atoms with van der Waals surface area (Å²) in [6.45, 7) is 3.09. The molecule has 0 saturated carbocycles. The Morgan fingerprint density at radius 1 is 1.09 bits per heavy atom. The number of rotatable bonds is 9. The van der Waals surface area contributed by atoms with Gasteiger partial charge in [-0.25, -0.2) is 4.98 Å². The number of carbonyl (C=O) groups is 1. The maximum atomic E-state index is 12.7. The van der Waals surface area contributed by atoms with Gasteiger partial charge < -0.3 is 19.8 Å². The molecular weight excluding hydrogens is 452 g/mol. The number of fused-ring (bicyclic) bond motifs is 1. The number of hydrogen-bond acceptors (Lipinski definition) is 7. The van der Waals surface area contributed by atoms with Gasteiger partial charge in [0.05, 0.1) is 32.8 Å². The number of aromatic nitrogens is 2. The van der Waals surface area contributed by atoms with Crippen LogP contribution >= 0.6 is 11.3 Å². The molecule has 0 fully saturated rings. The van der Waals surface area contributed by atoms with Crippen LogP contribution < -0.4 is 20.3 Å². The molecular formula is C25H26N4O4S. The Kier molecular flexibility index (Phi) is 7.24. The smallest absolute Gasteiger partial charge is 0.268 e. The number of likely N-dealkylation sites (N-methyl/N-ethyl adjacent to an activating group) is 1. The van der Waals surface area contributed by atoms with E-state index in [2.05, 4.69) is 15.3 Å². The highest BCUT2D eigenvalue weighted by molar-refractivity contribution is 7.22. The fraction of sp³-hybridized carbons (Fsp3) is 0.240. The zero-order valence-corrected chi connectivity index (χ0v) is 20.1. The van der Waals surface area contributed by atoms with Crippen LogP contribution in [0.5, 0.6) is 11.5 Å². The third-order valence-corrected chi connectivity index (χ3v) is 6.52. The lowest BCUT2D eigenvalue weighted by Gasteiger charge is -2.19. The molecule has 2 N–H and O–H groups in total. The predicted octanol–water partition coefficient (Wildman–Crippen LogP) is 4.13. The Morgan fingerprint density at radius 2 is 1.85 bits per heavy atom. The Hall–Kier alpha value is -3.69. The molecule has 4 rings (SSSR count). The third kappa shape index (κ3) is 5.44. The SMILES string of the molecule is CCN(CC(=O)Nc1cccc(OC)c1)Cc1nc2cc(-c3ccc(OC)cc3)sc2c(=O)[nH]1. The molecule has 0 aliphatic rings. The Labute approximate surface area is 201 Å². The van der Waals surface area contributed by atoms with E-state index in [-0.39, 0.29) is 18.0 Å². The third-order valence-electron chi connectivity index (χ3n) is 5.35. The molecule has 2 heterocycles. The van der Waals surface area contributed by atoms with Gasteiger partial charge in [0.15, 0.2) is 0 Å². The molecule has 9 heteroatoms. The fourth-order valence-corrected chi connectivity index (χ4v) is 4.55. The number of amides is 1. The highest BCUT2D eigenvalue weighted by atomic mass is 32.1. The standard InChI is InChI=1S/C25H26N4O4S/c1-4-29(15-23(30)26-17-6-5-7-19(12-17)33-3)14-22-27-20-13-21(34-24(20)25(31)28-22)16-8-10-18(32-2)11-9-16/h5-13H,4,14-15H2,1-3H3,(H,26,30)(H,27,28,31). The number of nitrogens with zero attached hydrogens (tertiary/aromatic N) is 2. The summed E-state index contributed by atoms with van der Waals surface area (Å²) in [5.74, 6) is 1.81. The minimum atomic E-state index is -0.179. The van der Waals surface area contributed by atoms with Crippen LogP contribution in [0.25, 0.3) is 20.7 Å². The number of carbonyl (C=O) groups excluding carboxylic acids is 1. The van der Waals surface area contributed by atoms with Gasteiger partial charge in [-0.1, -0.05) is 13.0 Å². The highest BCUT2D eigenvalue weighted by Crippen LogP contribution is 2.31. The second-order valence-electron chi connectivity index (χ2n) is 7.65. The molecule has 0 spiro atoms. The minimum absolute atomic E-state index is 0.157. The topological polar surface area (TPSA) is 96.6 Å². The van der Waals surface area contributed by atoms with E-state index in [1.165, 1.54) is 11.3 Å². The molecule has 1 amide bonds. The van der Waals surface area contributed by atoms with Gasteiger partial charge in [0, 0.05) is 16.6 Å². The number of H-pyrrole nitrogens is 1. The summed E-state index contributed by atoms with van der Waals surface area (Å²) >= 11 is 1.40. The molecule has 34 heavy (non-hydrogen) atoms. The number of methoxy groups -OCH3 is 2. The summed E-state index contributed by atoms with van der Waals surface area (Å²) in [4.78, 5) is 35.7. The van der Waals surface area contributed by atoms with Gasteiger partial charge in [-0.05, 0) is 54.6 Å². The molecule has 176 valence electrons. The van der Waals surface area contributed by atoms with Gasteiger partial charge in [-0.15, -0.1) is 11.3 Å². The number of benzene rings is 2. The van der Waals surface area contributed by atoms with Crippen LogP contribution in [-0.2, 0) is 11.3 Å². The van der Waals surface area contributed by atoms with Gasteiger partial charge in [-0.3, -0.25) is 14.5 Å². The molecule has 8 nitrogen and oxygen atoms in total. The fourth-order valence-electron chi connectivity index (χ4n) is 3.56. The Bertz CT molecular complexity index is 1350. The highest BCUT2D eigenvalue weighted by Gasteiger charge is 2.15.